The van der Waals surface area contributed by atoms with Gasteiger partial charge in [-0.2, -0.15) is 5.10 Å². The molecular weight excluding hydrogens is 336 g/mol. The van der Waals surface area contributed by atoms with E-state index >= 15 is 0 Å². The summed E-state index contributed by atoms with van der Waals surface area (Å²) in [5.41, 5.74) is 0.219. The van der Waals surface area contributed by atoms with Gasteiger partial charge < -0.3 is 14.9 Å². The molecule has 26 heavy (non-hydrogen) atoms. The lowest BCUT2D eigenvalue weighted by Gasteiger charge is -2.38. The van der Waals surface area contributed by atoms with Crippen molar-refractivity contribution in [1.82, 2.24) is 19.6 Å². The number of nitrogens with zero attached hydrogens (tertiary/aromatic N) is 4. The second-order valence-corrected chi connectivity index (χ2v) is 7.44. The molecule has 0 aliphatic carbocycles. The third-order valence-electron chi connectivity index (χ3n) is 5.69. The first-order valence-electron chi connectivity index (χ1n) is 9.18. The molecule has 2 fully saturated rings. The van der Waals surface area contributed by atoms with E-state index in [4.69, 9.17) is 0 Å². The number of carbonyl (C=O) groups is 3. The number of aryl methyl sites for hydroxylation is 1. The van der Waals surface area contributed by atoms with Crippen LogP contribution in [0.5, 0.6) is 0 Å². The van der Waals surface area contributed by atoms with Crippen LogP contribution in [0.2, 0.25) is 0 Å². The molecule has 1 spiro atoms. The van der Waals surface area contributed by atoms with Crippen molar-refractivity contribution in [1.29, 1.82) is 0 Å². The van der Waals surface area contributed by atoms with E-state index < -0.39 is 12.0 Å². The van der Waals surface area contributed by atoms with Gasteiger partial charge in [0.2, 0.25) is 5.91 Å². The summed E-state index contributed by atoms with van der Waals surface area (Å²) in [5.74, 6) is -1.19. The molecule has 3 rings (SSSR count). The maximum atomic E-state index is 13.1. The maximum Gasteiger partial charge on any atom is 0.326 e. The molecule has 8 heteroatoms. The Labute approximate surface area is 152 Å². The predicted octanol–water partition coefficient (Wildman–Crippen LogP) is 1.22. The van der Waals surface area contributed by atoms with Gasteiger partial charge in [0.15, 0.2) is 0 Å². The Kier molecular flexibility index (Phi) is 5.02. The lowest BCUT2D eigenvalue weighted by atomic mass is 9.76. The molecule has 1 atom stereocenters. The van der Waals surface area contributed by atoms with Crippen molar-refractivity contribution >= 4 is 17.8 Å². The van der Waals surface area contributed by atoms with Crippen LogP contribution in [0.1, 0.15) is 50.0 Å². The minimum Gasteiger partial charge on any atom is -0.480 e. The van der Waals surface area contributed by atoms with Crippen LogP contribution in [0.25, 0.3) is 0 Å². The first kappa shape index (κ1) is 18.4. The van der Waals surface area contributed by atoms with Crippen LogP contribution in [-0.2, 0) is 16.1 Å². The lowest BCUT2D eigenvalue weighted by Crippen LogP contribution is -2.44. The van der Waals surface area contributed by atoms with Gasteiger partial charge in [-0.1, -0.05) is 6.92 Å². The predicted molar refractivity (Wildman–Crippen MR) is 93.5 cm³/mol. The number of amides is 2. The van der Waals surface area contributed by atoms with E-state index in [1.165, 1.54) is 4.90 Å². The Morgan fingerprint density at radius 2 is 2.00 bits per heavy atom. The quantitative estimate of drug-likeness (QED) is 0.869. The SMILES string of the molecule is CCCn1nccc1C(=O)N1CC2(CCN(C(C)=O)CC2)C[C@H]1C(=O)O. The number of carboxylic acids is 1. The zero-order chi connectivity index (χ0) is 18.9. The Morgan fingerprint density at radius 3 is 2.58 bits per heavy atom. The highest BCUT2D eigenvalue weighted by Crippen LogP contribution is 2.44. The minimum absolute atomic E-state index is 0.0454. The number of carboxylic acid groups (broad SMARTS) is 1. The van der Waals surface area contributed by atoms with Crippen molar-refractivity contribution < 1.29 is 19.5 Å². The van der Waals surface area contributed by atoms with E-state index in [1.54, 1.807) is 28.8 Å². The minimum atomic E-state index is -0.967. The summed E-state index contributed by atoms with van der Waals surface area (Å²) in [6.45, 7) is 5.85. The van der Waals surface area contributed by atoms with Gasteiger partial charge in [0.05, 0.1) is 0 Å². The first-order valence-corrected chi connectivity index (χ1v) is 9.18. The van der Waals surface area contributed by atoms with Crippen LogP contribution in [-0.4, -0.2) is 68.1 Å². The smallest absolute Gasteiger partial charge is 0.326 e. The summed E-state index contributed by atoms with van der Waals surface area (Å²) in [4.78, 5) is 39.7. The van der Waals surface area contributed by atoms with Crippen LogP contribution >= 0.6 is 0 Å². The molecule has 8 nitrogen and oxygen atoms in total. The molecule has 2 aliphatic heterocycles. The second kappa shape index (κ2) is 7.09. The number of carbonyl (C=O) groups excluding carboxylic acids is 2. The normalized spacial score (nSPS) is 22.0. The number of likely N-dealkylation sites (tertiary alicyclic amines) is 2. The molecule has 0 saturated carbocycles. The zero-order valence-electron chi connectivity index (χ0n) is 15.3. The average molecular weight is 362 g/mol. The van der Waals surface area contributed by atoms with Crippen molar-refractivity contribution in [2.75, 3.05) is 19.6 Å². The molecule has 1 aromatic rings. The average Bonchev–Trinajstić information content (AvgIpc) is 3.20. The topological polar surface area (TPSA) is 95.7 Å². The largest absolute Gasteiger partial charge is 0.480 e. The van der Waals surface area contributed by atoms with Crippen LogP contribution < -0.4 is 0 Å². The number of rotatable bonds is 4. The molecule has 2 amide bonds. The fourth-order valence-electron chi connectivity index (χ4n) is 4.20. The van der Waals surface area contributed by atoms with Crippen LogP contribution in [0.15, 0.2) is 12.3 Å². The van der Waals surface area contributed by atoms with Crippen LogP contribution in [0.4, 0.5) is 0 Å². The monoisotopic (exact) mass is 362 g/mol. The zero-order valence-corrected chi connectivity index (χ0v) is 15.3. The highest BCUT2D eigenvalue weighted by atomic mass is 16.4. The third kappa shape index (κ3) is 3.32. The van der Waals surface area contributed by atoms with Crippen molar-refractivity contribution in [3.8, 4) is 0 Å². The van der Waals surface area contributed by atoms with E-state index in [1.807, 2.05) is 6.92 Å². The fourth-order valence-corrected chi connectivity index (χ4v) is 4.20. The molecule has 142 valence electrons. The van der Waals surface area contributed by atoms with Gasteiger partial charge in [0.1, 0.15) is 11.7 Å². The molecule has 3 heterocycles. The molecule has 1 N–H and O–H groups in total. The van der Waals surface area contributed by atoms with E-state index in [2.05, 4.69) is 5.10 Å². The number of hydrogen-bond acceptors (Lipinski definition) is 4. The molecule has 2 saturated heterocycles. The lowest BCUT2D eigenvalue weighted by molar-refractivity contribution is -0.141. The fraction of sp³-hybridized carbons (Fsp3) is 0.667. The van der Waals surface area contributed by atoms with Crippen molar-refractivity contribution in [3.05, 3.63) is 18.0 Å². The molecule has 2 aliphatic rings. The van der Waals surface area contributed by atoms with E-state index in [0.717, 1.165) is 19.3 Å². The maximum absolute atomic E-state index is 13.1. The summed E-state index contributed by atoms with van der Waals surface area (Å²) < 4.78 is 1.64. The van der Waals surface area contributed by atoms with Crippen molar-refractivity contribution in [2.45, 2.75) is 52.1 Å². The summed E-state index contributed by atoms with van der Waals surface area (Å²) in [7, 11) is 0. The van der Waals surface area contributed by atoms with Gasteiger partial charge in [-0.05, 0) is 37.2 Å². The van der Waals surface area contributed by atoms with Crippen LogP contribution in [0, 0.1) is 5.41 Å². The highest BCUT2D eigenvalue weighted by Gasteiger charge is 2.50. The van der Waals surface area contributed by atoms with Gasteiger partial charge in [-0.15, -0.1) is 0 Å². The molecule has 0 aromatic carbocycles. The Morgan fingerprint density at radius 1 is 1.31 bits per heavy atom. The van der Waals surface area contributed by atoms with Crippen LogP contribution in [0.3, 0.4) is 0 Å². The standard InChI is InChI=1S/C18H26N4O4/c1-3-8-22-14(4-7-19-22)16(24)21-12-18(11-15(21)17(25)26)5-9-20(10-6-18)13(2)23/h4,7,15H,3,5-6,8-12H2,1-2H3,(H,25,26)/t15-/m0/s1. The van der Waals surface area contributed by atoms with Crippen molar-refractivity contribution in [2.24, 2.45) is 5.41 Å². The van der Waals surface area contributed by atoms with Gasteiger partial charge >= 0.3 is 5.97 Å². The van der Waals surface area contributed by atoms with Gasteiger partial charge in [-0.3, -0.25) is 14.3 Å². The highest BCUT2D eigenvalue weighted by molar-refractivity contribution is 5.95. The van der Waals surface area contributed by atoms with Gasteiger partial charge in [0, 0.05) is 39.3 Å². The Hall–Kier alpha value is -2.38. The first-order chi connectivity index (χ1) is 12.4. The summed E-state index contributed by atoms with van der Waals surface area (Å²) in [6.07, 6.45) is 4.33. The molecule has 0 unspecified atom stereocenters. The molecular formula is C18H26N4O4. The molecule has 1 aromatic heterocycles. The Bertz CT molecular complexity index is 706. The van der Waals surface area contributed by atoms with Crippen molar-refractivity contribution in [3.63, 3.8) is 0 Å². The number of aromatic nitrogens is 2. The van der Waals surface area contributed by atoms with Gasteiger partial charge in [-0.25, -0.2) is 4.79 Å². The molecule has 0 bridgehead atoms. The number of hydrogen-bond donors (Lipinski definition) is 1. The number of piperidine rings is 1. The van der Waals surface area contributed by atoms with E-state index in [9.17, 15) is 19.5 Å². The third-order valence-corrected chi connectivity index (χ3v) is 5.69. The summed E-state index contributed by atoms with van der Waals surface area (Å²) in [6, 6.07) is 0.830. The Balaban J connectivity index is 1.80. The van der Waals surface area contributed by atoms with Gasteiger partial charge in [0.25, 0.3) is 5.91 Å². The molecule has 0 radical (unpaired) electrons. The number of aliphatic carboxylic acids is 1. The summed E-state index contributed by atoms with van der Waals surface area (Å²) >= 11 is 0. The second-order valence-electron chi connectivity index (χ2n) is 7.44. The van der Waals surface area contributed by atoms with E-state index in [-0.39, 0.29) is 17.2 Å². The summed E-state index contributed by atoms with van der Waals surface area (Å²) in [5, 5.41) is 13.9. The van der Waals surface area contributed by atoms with E-state index in [0.29, 0.717) is 38.3 Å².